The van der Waals surface area contributed by atoms with Crippen LogP contribution in [0.5, 0.6) is 0 Å². The molecular formula is C70H65BN4S. The lowest BCUT2D eigenvalue weighted by Gasteiger charge is -2.47. The zero-order valence-corrected chi connectivity index (χ0v) is 46.8. The van der Waals surface area contributed by atoms with Crippen molar-refractivity contribution in [1.29, 1.82) is 0 Å². The molecule has 11 aromatic rings. The smallest absolute Gasteiger partial charge is 0.252 e. The van der Waals surface area contributed by atoms with Crippen LogP contribution in [0.15, 0.2) is 176 Å². The highest BCUT2D eigenvalue weighted by Gasteiger charge is 2.48. The monoisotopic (exact) mass is 1000 g/mol. The molecule has 14 rings (SSSR count). The highest BCUT2D eigenvalue weighted by molar-refractivity contribution is 7.26. The molecule has 3 aliphatic rings. The fraction of sp³-hybridized carbons (Fsp3) is 0.229. The van der Waals surface area contributed by atoms with Crippen LogP contribution >= 0.6 is 11.3 Å². The summed E-state index contributed by atoms with van der Waals surface area (Å²) < 4.78 is 5.25. The predicted molar refractivity (Wildman–Crippen MR) is 331 cm³/mol. The molecule has 5 heterocycles. The normalized spacial score (nSPS) is 14.0. The maximum Gasteiger partial charge on any atom is 0.252 e. The molecular weight excluding hydrogens is 940 g/mol. The Labute approximate surface area is 452 Å². The highest BCUT2D eigenvalue weighted by atomic mass is 32.1. The summed E-state index contributed by atoms with van der Waals surface area (Å²) in [5.74, 6) is 0. The Morgan fingerprint density at radius 3 is 1.61 bits per heavy atom. The van der Waals surface area contributed by atoms with Crippen molar-refractivity contribution in [2.24, 2.45) is 0 Å². The summed E-state index contributed by atoms with van der Waals surface area (Å²) in [7, 11) is 0. The SMILES string of the molecule is CC(C)(C)c1ccc2c(c1)B1c3cc(C(C)(C)C)cc4c3N(c3cc(N(c5ccccc5)c5ccccc5)cc(c31)N2c1cccc2c1sc1ccccc12)c1cc(C(C)(C)C)cc2c3cc(C(C)(C)C)ccc3n-4c12. The summed E-state index contributed by atoms with van der Waals surface area (Å²) in [6.07, 6.45) is 0. The van der Waals surface area contributed by atoms with Crippen LogP contribution in [0.25, 0.3) is 47.7 Å². The summed E-state index contributed by atoms with van der Waals surface area (Å²) in [5, 5.41) is 5.20. The summed E-state index contributed by atoms with van der Waals surface area (Å²) >= 11 is 1.91. The van der Waals surface area contributed by atoms with E-state index in [1.165, 1.54) is 120 Å². The van der Waals surface area contributed by atoms with Crippen molar-refractivity contribution in [3.05, 3.63) is 198 Å². The second-order valence-corrected chi connectivity index (χ2v) is 27.0. The maximum atomic E-state index is 2.72. The number of hydrogen-bond donors (Lipinski definition) is 0. The second kappa shape index (κ2) is 16.0. The lowest BCUT2D eigenvalue weighted by molar-refractivity contribution is 0.590. The molecule has 0 N–H and O–H groups in total. The lowest BCUT2D eigenvalue weighted by Crippen LogP contribution is -2.62. The minimum absolute atomic E-state index is 0.0182. The van der Waals surface area contributed by atoms with Crippen molar-refractivity contribution in [3.63, 3.8) is 0 Å². The Balaban J connectivity index is 1.20. The zero-order chi connectivity index (χ0) is 52.5. The molecule has 6 heteroatoms. The van der Waals surface area contributed by atoms with Crippen molar-refractivity contribution in [2.75, 3.05) is 14.7 Å². The van der Waals surface area contributed by atoms with E-state index in [0.29, 0.717) is 0 Å². The Morgan fingerprint density at radius 1 is 0.382 bits per heavy atom. The molecule has 0 radical (unpaired) electrons. The first-order valence-electron chi connectivity index (χ1n) is 27.3. The molecule has 0 fully saturated rings. The first-order valence-corrected chi connectivity index (χ1v) is 28.1. The van der Waals surface area contributed by atoms with Gasteiger partial charge in [-0.2, -0.15) is 0 Å². The van der Waals surface area contributed by atoms with Crippen LogP contribution in [0.1, 0.15) is 105 Å². The zero-order valence-electron chi connectivity index (χ0n) is 46.0. The van der Waals surface area contributed by atoms with E-state index in [-0.39, 0.29) is 28.4 Å². The number of aromatic nitrogens is 1. The quantitative estimate of drug-likeness (QED) is 0.163. The average Bonchev–Trinajstić information content (AvgIpc) is 3.71. The average molecular weight is 1010 g/mol. The van der Waals surface area contributed by atoms with Gasteiger partial charge in [-0.1, -0.05) is 174 Å². The molecule has 0 bridgehead atoms. The van der Waals surface area contributed by atoms with Gasteiger partial charge < -0.3 is 19.3 Å². The van der Waals surface area contributed by atoms with Gasteiger partial charge in [-0.05, 0) is 145 Å². The van der Waals surface area contributed by atoms with E-state index in [0.717, 1.165) is 17.1 Å². The van der Waals surface area contributed by atoms with E-state index in [2.05, 4.69) is 278 Å². The lowest BCUT2D eigenvalue weighted by atomic mass is 9.33. The Kier molecular flexibility index (Phi) is 9.89. The molecule has 0 saturated carbocycles. The number of benzene rings is 9. The number of thiophene rings is 1. The van der Waals surface area contributed by atoms with E-state index in [1.807, 2.05) is 11.3 Å². The molecule has 0 amide bonds. The van der Waals surface area contributed by atoms with Gasteiger partial charge in [0.05, 0.1) is 44.2 Å². The molecule has 0 aliphatic carbocycles. The van der Waals surface area contributed by atoms with Crippen LogP contribution in [-0.4, -0.2) is 11.3 Å². The van der Waals surface area contributed by atoms with Gasteiger partial charge in [0, 0.05) is 54.7 Å². The number of nitrogens with zero attached hydrogens (tertiary/aromatic N) is 4. The van der Waals surface area contributed by atoms with E-state index in [1.54, 1.807) is 0 Å². The van der Waals surface area contributed by atoms with E-state index in [9.17, 15) is 0 Å². The van der Waals surface area contributed by atoms with E-state index >= 15 is 0 Å². The van der Waals surface area contributed by atoms with Gasteiger partial charge in [0.2, 0.25) is 0 Å². The third-order valence-electron chi connectivity index (χ3n) is 16.8. The number of fused-ring (bicyclic) bond motifs is 12. The molecule has 0 saturated heterocycles. The predicted octanol–water partition coefficient (Wildman–Crippen LogP) is 18.2. The molecule has 9 aromatic carbocycles. The molecule has 0 unspecified atom stereocenters. The fourth-order valence-corrected chi connectivity index (χ4v) is 14.0. The van der Waals surface area contributed by atoms with Gasteiger partial charge in [0.25, 0.3) is 6.71 Å². The summed E-state index contributed by atoms with van der Waals surface area (Å²) in [6, 6.07) is 67.9. The molecule has 4 nitrogen and oxygen atoms in total. The standard InChI is InChI=1S/C70H65BN4S/c1-67(2,3)42-30-32-55-51(34-42)52-35-44(69(7,8)9)38-60-64(52)74(55)61-39-45(70(10,11)12)37-54-65(61)75(60)59-41-48(72(46-22-15-13-16-23-46)47-24-17-14-18-25-47)40-58-63(59)71(54)53-36-43(68(4,5)6)31-33-56(53)73(58)57-28-21-27-50-49-26-19-20-29-62(49)76-66(50)57/h13-41H,1-12H3. The first-order chi connectivity index (χ1) is 36.2. The van der Waals surface area contributed by atoms with Gasteiger partial charge in [0.15, 0.2) is 0 Å². The van der Waals surface area contributed by atoms with Gasteiger partial charge >= 0.3 is 0 Å². The third kappa shape index (κ3) is 6.88. The van der Waals surface area contributed by atoms with Gasteiger partial charge in [0.1, 0.15) is 0 Å². The topological polar surface area (TPSA) is 14.7 Å². The van der Waals surface area contributed by atoms with Gasteiger partial charge in [-0.3, -0.25) is 0 Å². The maximum absolute atomic E-state index is 2.72. The fourth-order valence-electron chi connectivity index (χ4n) is 12.8. The van der Waals surface area contributed by atoms with Crippen molar-refractivity contribution < 1.29 is 0 Å². The van der Waals surface area contributed by atoms with Crippen LogP contribution in [0, 0.1) is 0 Å². The van der Waals surface area contributed by atoms with Crippen LogP contribution in [0.2, 0.25) is 0 Å². The van der Waals surface area contributed by atoms with Gasteiger partial charge in [-0.25, -0.2) is 0 Å². The molecule has 0 atom stereocenters. The van der Waals surface area contributed by atoms with Crippen molar-refractivity contribution in [2.45, 2.75) is 105 Å². The Morgan fingerprint density at radius 2 is 0.934 bits per heavy atom. The van der Waals surface area contributed by atoms with E-state index in [4.69, 9.17) is 0 Å². The van der Waals surface area contributed by atoms with E-state index < -0.39 is 0 Å². The minimum Gasteiger partial charge on any atom is -0.310 e. The Bertz CT molecular complexity index is 4190. The number of anilines is 9. The molecule has 2 aromatic heterocycles. The van der Waals surface area contributed by atoms with Crippen LogP contribution in [-0.2, 0) is 21.7 Å². The van der Waals surface area contributed by atoms with Crippen LogP contribution in [0.3, 0.4) is 0 Å². The van der Waals surface area contributed by atoms with Crippen LogP contribution in [0.4, 0.5) is 51.2 Å². The van der Waals surface area contributed by atoms with Crippen LogP contribution < -0.4 is 31.1 Å². The largest absolute Gasteiger partial charge is 0.310 e. The molecule has 76 heavy (non-hydrogen) atoms. The van der Waals surface area contributed by atoms with Crippen molar-refractivity contribution in [1.82, 2.24) is 4.57 Å². The Hall–Kier alpha value is -7.54. The van der Waals surface area contributed by atoms with Crippen molar-refractivity contribution >= 4 is 128 Å². The molecule has 374 valence electrons. The highest BCUT2D eigenvalue weighted by Crippen LogP contribution is 2.56. The minimum atomic E-state index is -0.138. The summed E-state index contributed by atoms with van der Waals surface area (Å²) in [4.78, 5) is 7.85. The van der Waals surface area contributed by atoms with Crippen molar-refractivity contribution in [3.8, 4) is 5.69 Å². The third-order valence-corrected chi connectivity index (χ3v) is 18.0. The first kappa shape index (κ1) is 47.0. The number of rotatable bonds is 4. The number of hydrogen-bond acceptors (Lipinski definition) is 4. The van der Waals surface area contributed by atoms with Gasteiger partial charge in [-0.15, -0.1) is 11.3 Å². The molecule has 0 spiro atoms. The number of para-hydroxylation sites is 2. The molecule has 3 aliphatic heterocycles. The second-order valence-electron chi connectivity index (χ2n) is 25.9. The summed E-state index contributed by atoms with van der Waals surface area (Å²) in [5.41, 5.74) is 23.4. The summed E-state index contributed by atoms with van der Waals surface area (Å²) in [6.45, 7) is 28.3.